The molecule has 13 nitrogen and oxygen atoms in total. The van der Waals surface area contributed by atoms with Gasteiger partial charge in [0.25, 0.3) is 17.1 Å². The van der Waals surface area contributed by atoms with Gasteiger partial charge in [-0.2, -0.15) is 0 Å². The lowest BCUT2D eigenvalue weighted by atomic mass is 9.96. The Balaban J connectivity index is 0.000000175. The molecule has 44 heavy (non-hydrogen) atoms. The molecule has 5 aromatic carbocycles. The number of hydrogen-bond acceptors (Lipinski definition) is 9. The number of carbonyl (C=O) groups excluding carboxylic acids is 2. The van der Waals surface area contributed by atoms with Crippen LogP contribution in [0.25, 0.3) is 21.9 Å². The highest BCUT2D eigenvalue weighted by molar-refractivity contribution is 6.23. The van der Waals surface area contributed by atoms with Crippen LogP contribution in [-0.4, -0.2) is 37.4 Å². The molecule has 0 spiro atoms. The van der Waals surface area contributed by atoms with Crippen molar-refractivity contribution >= 4 is 45.4 Å². The van der Waals surface area contributed by atoms with E-state index in [1.165, 1.54) is 12.1 Å². The first kappa shape index (κ1) is 28.9. The molecule has 1 aliphatic carbocycles. The number of carbonyl (C=O) groups is 3. The first-order chi connectivity index (χ1) is 21.0. The van der Waals surface area contributed by atoms with Gasteiger partial charge in [-0.1, -0.05) is 54.6 Å². The summed E-state index contributed by atoms with van der Waals surface area (Å²) in [5, 5.41) is 44.0. The van der Waals surface area contributed by atoms with Gasteiger partial charge in [0.2, 0.25) is 0 Å². The predicted octanol–water partition coefficient (Wildman–Crippen LogP) is 6.39. The third-order valence-electron chi connectivity index (χ3n) is 6.90. The second-order valence-electron chi connectivity index (χ2n) is 9.46. The number of hydrogen-bond donors (Lipinski definition) is 1. The number of nitrogens with zero attached hydrogens (tertiary/aromatic N) is 3. The summed E-state index contributed by atoms with van der Waals surface area (Å²) in [5.41, 5.74) is -1.01. The zero-order valence-corrected chi connectivity index (χ0v) is 22.2. The predicted molar refractivity (Wildman–Crippen MR) is 156 cm³/mol. The Morgan fingerprint density at radius 1 is 0.591 bits per heavy atom. The van der Waals surface area contributed by atoms with Crippen LogP contribution >= 0.6 is 0 Å². The standard InChI is InChI=1S/C18H12O3.C13H5N3O7/c19-17(15-7-3-4-8-16(15)18(20)21)14-10-9-12-5-1-2-6-13(12)11-14;17-13-9-3-6(14(18)19)1-2-8(9)12-10(13)4-7(15(20)21)5-11(12)16(22)23/h1-11H,(H,20,21);1-5H. The fraction of sp³-hybridized carbons (Fsp3) is 0. The van der Waals surface area contributed by atoms with Crippen molar-refractivity contribution in [1.82, 2.24) is 0 Å². The van der Waals surface area contributed by atoms with Crippen molar-refractivity contribution in [3.05, 3.63) is 155 Å². The summed E-state index contributed by atoms with van der Waals surface area (Å²) in [4.78, 5) is 66.6. The molecule has 0 saturated heterocycles. The van der Waals surface area contributed by atoms with Crippen molar-refractivity contribution in [2.75, 3.05) is 0 Å². The van der Waals surface area contributed by atoms with E-state index in [1.54, 1.807) is 30.3 Å². The number of benzene rings is 5. The molecule has 0 radical (unpaired) electrons. The fourth-order valence-electron chi connectivity index (χ4n) is 4.87. The summed E-state index contributed by atoms with van der Waals surface area (Å²) in [5.74, 6) is -2.09. The van der Waals surface area contributed by atoms with Gasteiger partial charge in [-0.05, 0) is 29.0 Å². The lowest BCUT2D eigenvalue weighted by Gasteiger charge is -2.06. The summed E-state index contributed by atoms with van der Waals surface area (Å²) in [7, 11) is 0. The maximum atomic E-state index is 12.6. The van der Waals surface area contributed by atoms with Gasteiger partial charge in [0.1, 0.15) is 0 Å². The monoisotopic (exact) mass is 591 g/mol. The van der Waals surface area contributed by atoms with Gasteiger partial charge in [0.15, 0.2) is 11.6 Å². The number of fused-ring (bicyclic) bond motifs is 4. The van der Waals surface area contributed by atoms with Gasteiger partial charge in [0.05, 0.1) is 32.0 Å². The van der Waals surface area contributed by atoms with E-state index in [0.29, 0.717) is 5.56 Å². The van der Waals surface area contributed by atoms with Gasteiger partial charge in [-0.3, -0.25) is 39.9 Å². The van der Waals surface area contributed by atoms with E-state index in [2.05, 4.69) is 0 Å². The van der Waals surface area contributed by atoms with Crippen molar-refractivity contribution in [3.63, 3.8) is 0 Å². The van der Waals surface area contributed by atoms with E-state index in [9.17, 15) is 49.8 Å². The molecule has 13 heteroatoms. The summed E-state index contributed by atoms with van der Waals surface area (Å²) < 4.78 is 0. The van der Waals surface area contributed by atoms with E-state index in [0.717, 1.165) is 35.0 Å². The summed E-state index contributed by atoms with van der Waals surface area (Å²) in [6.07, 6.45) is 0. The van der Waals surface area contributed by atoms with Crippen molar-refractivity contribution < 1.29 is 34.3 Å². The van der Waals surface area contributed by atoms with E-state index < -0.39 is 37.9 Å². The number of nitro benzene ring substituents is 3. The molecule has 0 aliphatic heterocycles. The SMILES string of the molecule is O=C(O)c1ccccc1C(=O)c1ccc2ccccc2c1.O=C1c2cc([N+](=O)[O-])ccc2-c2c1cc([N+](=O)[O-])cc2[N+](=O)[O-]. The van der Waals surface area contributed by atoms with Crippen LogP contribution in [0.2, 0.25) is 0 Å². The normalized spacial score (nSPS) is 11.1. The zero-order chi connectivity index (χ0) is 31.7. The van der Waals surface area contributed by atoms with Crippen molar-refractivity contribution in [3.8, 4) is 11.1 Å². The average Bonchev–Trinajstić information content (AvgIpc) is 3.31. The van der Waals surface area contributed by atoms with Gasteiger partial charge in [0, 0.05) is 46.0 Å². The molecule has 0 aromatic heterocycles. The number of ketones is 2. The van der Waals surface area contributed by atoms with Crippen LogP contribution in [0.3, 0.4) is 0 Å². The van der Waals surface area contributed by atoms with Gasteiger partial charge in [-0.15, -0.1) is 0 Å². The Morgan fingerprint density at radius 2 is 1.20 bits per heavy atom. The highest BCUT2D eigenvalue weighted by Gasteiger charge is 2.37. The Morgan fingerprint density at radius 3 is 1.84 bits per heavy atom. The molecule has 1 N–H and O–H groups in total. The first-order valence-corrected chi connectivity index (χ1v) is 12.6. The molecule has 0 bridgehead atoms. The van der Waals surface area contributed by atoms with E-state index in [-0.39, 0.29) is 44.9 Å². The van der Waals surface area contributed by atoms with Gasteiger partial charge >= 0.3 is 5.97 Å². The van der Waals surface area contributed by atoms with Gasteiger partial charge in [-0.25, -0.2) is 4.79 Å². The smallest absolute Gasteiger partial charge is 0.336 e. The Labute approximate surface area is 246 Å². The van der Waals surface area contributed by atoms with Gasteiger partial charge < -0.3 is 5.11 Å². The second kappa shape index (κ2) is 11.3. The van der Waals surface area contributed by atoms with Crippen LogP contribution in [0, 0.1) is 30.3 Å². The third-order valence-corrected chi connectivity index (χ3v) is 6.90. The lowest BCUT2D eigenvalue weighted by Crippen LogP contribution is -2.09. The Hall–Kier alpha value is -6.63. The molecule has 0 atom stereocenters. The maximum Gasteiger partial charge on any atom is 0.336 e. The number of carboxylic acids is 1. The van der Waals surface area contributed by atoms with Crippen LogP contribution in [0.4, 0.5) is 17.1 Å². The number of non-ortho nitro benzene ring substituents is 2. The minimum atomic E-state index is -1.10. The topological polar surface area (TPSA) is 201 Å². The van der Waals surface area contributed by atoms with Crippen molar-refractivity contribution in [2.24, 2.45) is 0 Å². The molecule has 0 unspecified atom stereocenters. The van der Waals surface area contributed by atoms with Crippen LogP contribution in [0.15, 0.2) is 97.1 Å². The quantitative estimate of drug-likeness (QED) is 0.128. The molecule has 0 heterocycles. The summed E-state index contributed by atoms with van der Waals surface area (Å²) >= 11 is 0. The van der Waals surface area contributed by atoms with Crippen LogP contribution < -0.4 is 0 Å². The highest BCUT2D eigenvalue weighted by atomic mass is 16.6. The van der Waals surface area contributed by atoms with Crippen LogP contribution in [0.5, 0.6) is 0 Å². The highest BCUT2D eigenvalue weighted by Crippen LogP contribution is 2.45. The zero-order valence-electron chi connectivity index (χ0n) is 22.2. The summed E-state index contributed by atoms with van der Waals surface area (Å²) in [6.45, 7) is 0. The molecule has 6 rings (SSSR count). The molecule has 0 fully saturated rings. The minimum Gasteiger partial charge on any atom is -0.478 e. The maximum absolute atomic E-state index is 12.6. The lowest BCUT2D eigenvalue weighted by molar-refractivity contribution is -0.393. The Kier molecular flexibility index (Phi) is 7.44. The first-order valence-electron chi connectivity index (χ1n) is 12.6. The van der Waals surface area contributed by atoms with Crippen molar-refractivity contribution in [2.45, 2.75) is 0 Å². The number of carboxylic acid groups (broad SMARTS) is 1. The molecule has 5 aromatic rings. The molecular formula is C31H17N3O10. The van der Waals surface area contributed by atoms with E-state index in [4.69, 9.17) is 0 Å². The van der Waals surface area contributed by atoms with Crippen molar-refractivity contribution in [1.29, 1.82) is 0 Å². The molecule has 0 saturated carbocycles. The summed E-state index contributed by atoms with van der Waals surface area (Å²) in [6, 6.07) is 24.4. The molecule has 216 valence electrons. The van der Waals surface area contributed by atoms with E-state index in [1.807, 2.05) is 30.3 Å². The largest absolute Gasteiger partial charge is 0.478 e. The Bertz CT molecular complexity index is 2090. The minimum absolute atomic E-state index is 0.0238. The van der Waals surface area contributed by atoms with Crippen LogP contribution in [0.1, 0.15) is 42.2 Å². The number of rotatable bonds is 6. The second-order valence-corrected chi connectivity index (χ2v) is 9.46. The number of aromatic carboxylic acids is 1. The van der Waals surface area contributed by atoms with E-state index >= 15 is 0 Å². The fourth-order valence-corrected chi connectivity index (χ4v) is 4.87. The molecule has 1 aliphatic rings. The third kappa shape index (κ3) is 5.23. The average molecular weight is 591 g/mol. The van der Waals surface area contributed by atoms with Crippen LogP contribution in [-0.2, 0) is 0 Å². The number of nitro groups is 3. The molecular weight excluding hydrogens is 574 g/mol. The molecule has 0 amide bonds.